The molecule has 2 N–H and O–H groups in total. The van der Waals surface area contributed by atoms with Crippen molar-refractivity contribution in [2.75, 3.05) is 17.3 Å². The Labute approximate surface area is 117 Å². The highest BCUT2D eigenvalue weighted by Crippen LogP contribution is 2.26. The minimum Gasteiger partial charge on any atom is -0.480 e. The minimum atomic E-state index is -0.941. The van der Waals surface area contributed by atoms with Crippen molar-refractivity contribution in [3.05, 3.63) is 0 Å². The first-order chi connectivity index (χ1) is 8.54. The summed E-state index contributed by atoms with van der Waals surface area (Å²) < 4.78 is 0. The normalized spacial score (nSPS) is 23.1. The summed E-state index contributed by atoms with van der Waals surface area (Å²) >= 11 is 3.68. The number of amides is 1. The lowest BCUT2D eigenvalue weighted by Gasteiger charge is -2.23. The van der Waals surface area contributed by atoms with Gasteiger partial charge in [-0.1, -0.05) is 20.3 Å². The van der Waals surface area contributed by atoms with E-state index in [1.807, 2.05) is 37.4 Å². The fourth-order valence-electron chi connectivity index (χ4n) is 1.78. The monoisotopic (exact) mass is 291 g/mol. The zero-order chi connectivity index (χ0) is 13.5. The van der Waals surface area contributed by atoms with E-state index in [1.165, 1.54) is 0 Å². The Morgan fingerprint density at radius 2 is 2.17 bits per heavy atom. The molecule has 0 aromatic rings. The number of carbonyl (C=O) groups is 2. The lowest BCUT2D eigenvalue weighted by Crippen LogP contribution is -2.45. The summed E-state index contributed by atoms with van der Waals surface area (Å²) in [6.45, 7) is 3.78. The van der Waals surface area contributed by atoms with Gasteiger partial charge in [0.2, 0.25) is 5.91 Å². The van der Waals surface area contributed by atoms with Gasteiger partial charge in [0.25, 0.3) is 0 Å². The number of nitrogens with one attached hydrogen (secondary N) is 1. The number of rotatable bonds is 6. The largest absolute Gasteiger partial charge is 0.480 e. The van der Waals surface area contributed by atoms with Crippen LogP contribution < -0.4 is 5.32 Å². The fourth-order valence-corrected chi connectivity index (χ4v) is 4.46. The van der Waals surface area contributed by atoms with Crippen LogP contribution in [0, 0.1) is 5.92 Å². The summed E-state index contributed by atoms with van der Waals surface area (Å²) in [5, 5.41) is 12.1. The number of hydrogen-bond acceptors (Lipinski definition) is 4. The first kappa shape index (κ1) is 15.7. The molecule has 1 rings (SSSR count). The van der Waals surface area contributed by atoms with E-state index in [-0.39, 0.29) is 11.8 Å². The maximum absolute atomic E-state index is 11.8. The van der Waals surface area contributed by atoms with Crippen LogP contribution in [0.1, 0.15) is 26.7 Å². The molecule has 3 unspecified atom stereocenters. The highest BCUT2D eigenvalue weighted by molar-refractivity contribution is 8.06. The zero-order valence-corrected chi connectivity index (χ0v) is 12.5. The highest BCUT2D eigenvalue weighted by atomic mass is 32.2. The van der Waals surface area contributed by atoms with Crippen LogP contribution in [0.15, 0.2) is 0 Å². The average molecular weight is 291 g/mol. The van der Waals surface area contributed by atoms with Crippen molar-refractivity contribution >= 4 is 35.4 Å². The van der Waals surface area contributed by atoms with Crippen LogP contribution in [-0.4, -0.2) is 45.5 Å². The van der Waals surface area contributed by atoms with Gasteiger partial charge in [0, 0.05) is 28.9 Å². The standard InChI is InChI=1S/C12H21NO3S2/c1-3-8(2)11(12(15)16)13-10(14)6-9-7-17-4-5-18-9/h8-9,11H,3-7H2,1-2H3,(H,13,14)(H,15,16). The topological polar surface area (TPSA) is 66.4 Å². The van der Waals surface area contributed by atoms with Gasteiger partial charge in [0.15, 0.2) is 0 Å². The number of hydrogen-bond donors (Lipinski definition) is 2. The van der Waals surface area contributed by atoms with Crippen LogP contribution in [0.4, 0.5) is 0 Å². The molecule has 0 saturated carbocycles. The molecule has 1 fully saturated rings. The molecule has 1 heterocycles. The molecule has 0 aromatic heterocycles. The number of carboxylic acids is 1. The maximum Gasteiger partial charge on any atom is 0.326 e. The summed E-state index contributed by atoms with van der Waals surface area (Å²) in [6, 6.07) is -0.760. The molecule has 1 amide bonds. The van der Waals surface area contributed by atoms with Gasteiger partial charge in [-0.25, -0.2) is 4.79 Å². The van der Waals surface area contributed by atoms with Crippen LogP contribution in [0.25, 0.3) is 0 Å². The van der Waals surface area contributed by atoms with Crippen LogP contribution in [0.2, 0.25) is 0 Å². The third kappa shape index (κ3) is 5.10. The fraction of sp³-hybridized carbons (Fsp3) is 0.833. The molecule has 1 aliphatic rings. The third-order valence-corrected chi connectivity index (χ3v) is 5.94. The molecule has 0 aliphatic carbocycles. The molecule has 0 radical (unpaired) electrons. The molecule has 1 saturated heterocycles. The lowest BCUT2D eigenvalue weighted by atomic mass is 9.99. The Hall–Kier alpha value is -0.360. The second kappa shape index (κ2) is 7.94. The molecule has 0 aromatic carbocycles. The van der Waals surface area contributed by atoms with Gasteiger partial charge in [-0.05, 0) is 5.92 Å². The smallest absolute Gasteiger partial charge is 0.326 e. The van der Waals surface area contributed by atoms with Gasteiger partial charge in [0.1, 0.15) is 6.04 Å². The van der Waals surface area contributed by atoms with Crippen LogP contribution in [0.5, 0.6) is 0 Å². The molecule has 0 spiro atoms. The van der Waals surface area contributed by atoms with Gasteiger partial charge in [-0.15, -0.1) is 0 Å². The van der Waals surface area contributed by atoms with Gasteiger partial charge in [0.05, 0.1) is 0 Å². The van der Waals surface area contributed by atoms with E-state index in [0.29, 0.717) is 11.7 Å². The first-order valence-corrected chi connectivity index (χ1v) is 8.46. The van der Waals surface area contributed by atoms with Crippen molar-refractivity contribution in [3.63, 3.8) is 0 Å². The van der Waals surface area contributed by atoms with E-state index in [2.05, 4.69) is 5.32 Å². The molecular weight excluding hydrogens is 270 g/mol. The molecule has 4 nitrogen and oxygen atoms in total. The highest BCUT2D eigenvalue weighted by Gasteiger charge is 2.26. The maximum atomic E-state index is 11.8. The van der Waals surface area contributed by atoms with Crippen LogP contribution in [-0.2, 0) is 9.59 Å². The molecule has 3 atom stereocenters. The van der Waals surface area contributed by atoms with Crippen molar-refractivity contribution in [1.29, 1.82) is 0 Å². The molecule has 104 valence electrons. The summed E-state index contributed by atoms with van der Waals surface area (Å²) in [4.78, 5) is 23.0. The number of carbonyl (C=O) groups excluding carboxylic acids is 1. The number of aliphatic carboxylic acids is 1. The van der Waals surface area contributed by atoms with Crippen LogP contribution >= 0.6 is 23.5 Å². The summed E-state index contributed by atoms with van der Waals surface area (Å²) in [5.41, 5.74) is 0. The summed E-state index contributed by atoms with van der Waals surface area (Å²) in [5.74, 6) is 2.09. The van der Waals surface area contributed by atoms with E-state index in [0.717, 1.165) is 23.7 Å². The summed E-state index contributed by atoms with van der Waals surface area (Å²) in [6.07, 6.45) is 1.17. The van der Waals surface area contributed by atoms with Crippen molar-refractivity contribution in [1.82, 2.24) is 5.32 Å². The predicted octanol–water partition coefficient (Wildman–Crippen LogP) is 1.84. The minimum absolute atomic E-state index is 0.0418. The number of thioether (sulfide) groups is 2. The molecule has 18 heavy (non-hydrogen) atoms. The van der Waals surface area contributed by atoms with Gasteiger partial charge in [-0.2, -0.15) is 23.5 Å². The van der Waals surface area contributed by atoms with E-state index >= 15 is 0 Å². The molecular formula is C12H21NO3S2. The van der Waals surface area contributed by atoms with E-state index in [9.17, 15) is 9.59 Å². The number of carboxylic acid groups (broad SMARTS) is 1. The Bertz CT molecular complexity index is 293. The Balaban J connectivity index is 2.42. The Morgan fingerprint density at radius 1 is 1.44 bits per heavy atom. The van der Waals surface area contributed by atoms with Gasteiger partial charge in [-0.3, -0.25) is 4.79 Å². The third-order valence-electron chi connectivity index (χ3n) is 3.09. The van der Waals surface area contributed by atoms with E-state index < -0.39 is 12.0 Å². The van der Waals surface area contributed by atoms with Crippen molar-refractivity contribution < 1.29 is 14.7 Å². The van der Waals surface area contributed by atoms with E-state index in [1.54, 1.807) is 0 Å². The predicted molar refractivity (Wildman–Crippen MR) is 77.2 cm³/mol. The van der Waals surface area contributed by atoms with Gasteiger partial charge < -0.3 is 10.4 Å². The first-order valence-electron chi connectivity index (χ1n) is 6.26. The Kier molecular flexibility index (Phi) is 6.92. The Morgan fingerprint density at radius 3 is 2.67 bits per heavy atom. The lowest BCUT2D eigenvalue weighted by molar-refractivity contribution is -0.143. The van der Waals surface area contributed by atoms with Crippen molar-refractivity contribution in [2.24, 2.45) is 5.92 Å². The van der Waals surface area contributed by atoms with Crippen LogP contribution in [0.3, 0.4) is 0 Å². The second-order valence-electron chi connectivity index (χ2n) is 4.54. The van der Waals surface area contributed by atoms with E-state index in [4.69, 9.17) is 5.11 Å². The zero-order valence-electron chi connectivity index (χ0n) is 10.8. The summed E-state index contributed by atoms with van der Waals surface area (Å²) in [7, 11) is 0. The SMILES string of the molecule is CCC(C)C(NC(=O)CC1CSCCS1)C(=O)O. The van der Waals surface area contributed by atoms with Gasteiger partial charge >= 0.3 is 5.97 Å². The average Bonchev–Trinajstić information content (AvgIpc) is 2.36. The van der Waals surface area contributed by atoms with Crippen molar-refractivity contribution in [3.8, 4) is 0 Å². The molecule has 6 heteroatoms. The molecule has 1 aliphatic heterocycles. The van der Waals surface area contributed by atoms with Crippen molar-refractivity contribution in [2.45, 2.75) is 38.0 Å². The second-order valence-corrected chi connectivity index (χ2v) is 7.10. The quantitative estimate of drug-likeness (QED) is 0.781. The molecule has 0 bridgehead atoms.